The first-order chi connectivity index (χ1) is 18.5. The van der Waals surface area contributed by atoms with Crippen molar-refractivity contribution in [3.05, 3.63) is 117 Å². The molecule has 1 aliphatic rings. The number of rotatable bonds is 8. The van der Waals surface area contributed by atoms with Gasteiger partial charge in [0, 0.05) is 0 Å². The summed E-state index contributed by atoms with van der Waals surface area (Å²) in [6.07, 6.45) is 17.9. The van der Waals surface area contributed by atoms with Gasteiger partial charge in [0.15, 0.2) is 0 Å². The molecule has 0 unspecified atom stereocenters. The molecule has 0 N–H and O–H groups in total. The molecule has 5 heteroatoms. The molecule has 1 saturated carbocycles. The monoisotopic (exact) mass is 644 g/mol. The Morgan fingerprint density at radius 1 is 0.675 bits per heavy atom. The van der Waals surface area contributed by atoms with E-state index in [0.717, 1.165) is 17.0 Å². The molecule has 0 spiro atoms. The van der Waals surface area contributed by atoms with Crippen LogP contribution in [0.5, 0.6) is 0 Å². The van der Waals surface area contributed by atoms with Gasteiger partial charge in [-0.1, -0.05) is 110 Å². The number of carbonyl (C=O) groups excluding carboxylic acids is 2. The van der Waals surface area contributed by atoms with Crippen molar-refractivity contribution in [1.29, 1.82) is 0 Å². The summed E-state index contributed by atoms with van der Waals surface area (Å²) in [6.45, 7) is 21.4. The van der Waals surface area contributed by atoms with Crippen LogP contribution in [-0.4, -0.2) is 28.5 Å². The van der Waals surface area contributed by atoms with Crippen molar-refractivity contribution in [2.24, 2.45) is 5.92 Å². The van der Waals surface area contributed by atoms with E-state index >= 15 is 0 Å². The van der Waals surface area contributed by atoms with Crippen LogP contribution in [0.15, 0.2) is 60.7 Å². The Balaban J connectivity index is 0. The largest absolute Gasteiger partial charge is 2.00 e. The van der Waals surface area contributed by atoms with Crippen LogP contribution in [0.4, 0.5) is 0 Å². The van der Waals surface area contributed by atoms with Gasteiger partial charge < -0.3 is 12.3 Å². The van der Waals surface area contributed by atoms with Crippen LogP contribution >= 0.6 is 7.92 Å². The average molecular weight is 644 g/mol. The average Bonchev–Trinajstić information content (AvgIpc) is 3.49. The normalized spacial score (nSPS) is 12.2. The van der Waals surface area contributed by atoms with Crippen molar-refractivity contribution in [3.63, 3.8) is 0 Å². The molecule has 0 amide bonds. The molecule has 0 heterocycles. The first kappa shape index (κ1) is 40.3. The predicted octanol–water partition coefficient (Wildman–Crippen LogP) is 8.03. The molecule has 40 heavy (non-hydrogen) atoms. The maximum absolute atomic E-state index is 12.2. The van der Waals surface area contributed by atoms with Crippen molar-refractivity contribution < 1.29 is 33.7 Å². The van der Waals surface area contributed by atoms with Crippen LogP contribution in [-0.2, 0) is 39.1 Å². The summed E-state index contributed by atoms with van der Waals surface area (Å²) < 4.78 is 7.50. The number of ketones is 2. The SMILES string of the molecule is CC(C)P(C(C)C)C(C)C.[C-]#CC(c1ccccc1)(c1ccccc1)C(C(C)=O)C(C)=O.[C-]#[O+].[CH]1[CH][CH][CH][CH]1.[Ru+2]. The van der Waals surface area contributed by atoms with Crippen LogP contribution in [0.3, 0.4) is 0 Å². The van der Waals surface area contributed by atoms with Gasteiger partial charge in [0.1, 0.15) is 11.6 Å². The van der Waals surface area contributed by atoms with Crippen molar-refractivity contribution in [3.8, 4) is 5.92 Å². The number of Topliss-reactive ketones (excluding diaryl/α,β-unsaturated/α-hetero) is 2. The van der Waals surface area contributed by atoms with E-state index in [4.69, 9.17) is 11.1 Å². The van der Waals surface area contributed by atoms with Crippen LogP contribution in [0.25, 0.3) is 0 Å². The Labute approximate surface area is 258 Å². The fourth-order valence-electron chi connectivity index (χ4n) is 5.12. The molecular formula is C35H43O3PRu+. The third kappa shape index (κ3) is 12.3. The molecule has 0 aromatic heterocycles. The summed E-state index contributed by atoms with van der Waals surface area (Å²) in [5.74, 6) is 1.03. The Morgan fingerprint density at radius 2 is 0.950 bits per heavy atom. The van der Waals surface area contributed by atoms with Gasteiger partial charge in [-0.3, -0.25) is 9.59 Å². The van der Waals surface area contributed by atoms with E-state index in [1.54, 1.807) is 0 Å². The summed E-state index contributed by atoms with van der Waals surface area (Å²) in [7, 11) is 0.262. The Kier molecular flexibility index (Phi) is 22.0. The zero-order chi connectivity index (χ0) is 30.0. The molecular weight excluding hydrogens is 600 g/mol. The molecule has 5 radical (unpaired) electrons. The second kappa shape index (κ2) is 21.8. The van der Waals surface area contributed by atoms with Gasteiger partial charge in [-0.15, -0.1) is 0 Å². The quantitative estimate of drug-likeness (QED) is 0.0731. The predicted molar refractivity (Wildman–Crippen MR) is 163 cm³/mol. The summed E-state index contributed by atoms with van der Waals surface area (Å²) in [5, 5.41) is 0. The molecule has 213 valence electrons. The van der Waals surface area contributed by atoms with E-state index in [0.29, 0.717) is 11.1 Å². The Hall–Kier alpha value is -1.87. The number of benzene rings is 2. The molecule has 2 aromatic carbocycles. The summed E-state index contributed by atoms with van der Waals surface area (Å²) in [4.78, 5) is 24.4. The van der Waals surface area contributed by atoms with Gasteiger partial charge in [0.25, 0.3) is 0 Å². The Bertz CT molecular complexity index is 939. The molecule has 0 bridgehead atoms. The van der Waals surface area contributed by atoms with E-state index in [-0.39, 0.29) is 39.0 Å². The van der Waals surface area contributed by atoms with Crippen LogP contribution in [0.1, 0.15) is 66.5 Å². The van der Waals surface area contributed by atoms with E-state index < -0.39 is 11.3 Å². The van der Waals surface area contributed by atoms with Gasteiger partial charge >= 0.3 is 30.8 Å². The molecule has 1 fully saturated rings. The molecule has 0 saturated heterocycles. The molecule has 3 nitrogen and oxygen atoms in total. The summed E-state index contributed by atoms with van der Waals surface area (Å²) in [6, 6.07) is 18.4. The van der Waals surface area contributed by atoms with Crippen molar-refractivity contribution in [2.45, 2.75) is 77.8 Å². The number of hydrogen-bond acceptors (Lipinski definition) is 2. The zero-order valence-corrected chi connectivity index (χ0v) is 27.6. The molecule has 1 aliphatic carbocycles. The van der Waals surface area contributed by atoms with E-state index in [1.807, 2.05) is 92.8 Å². The first-order valence-corrected chi connectivity index (χ1v) is 14.8. The number of carbonyl (C=O) groups is 2. The second-order valence-electron chi connectivity index (χ2n) is 10.0. The van der Waals surface area contributed by atoms with Gasteiger partial charge in [0.2, 0.25) is 0 Å². The van der Waals surface area contributed by atoms with Gasteiger partial charge in [0.05, 0.1) is 11.3 Å². The van der Waals surface area contributed by atoms with Crippen LogP contribution in [0.2, 0.25) is 0 Å². The minimum absolute atomic E-state index is 0. The fourth-order valence-corrected chi connectivity index (χ4v) is 8.70. The maximum Gasteiger partial charge on any atom is 2.00 e. The molecule has 0 aliphatic heterocycles. The van der Waals surface area contributed by atoms with Gasteiger partial charge in [-0.2, -0.15) is 0 Å². The third-order valence-electron chi connectivity index (χ3n) is 6.25. The summed E-state index contributed by atoms with van der Waals surface area (Å²) in [5.41, 5.74) is 2.93. The maximum atomic E-state index is 12.2. The van der Waals surface area contributed by atoms with E-state index in [9.17, 15) is 9.59 Å². The van der Waals surface area contributed by atoms with Crippen molar-refractivity contribution in [2.75, 3.05) is 0 Å². The van der Waals surface area contributed by atoms with Crippen molar-refractivity contribution in [1.82, 2.24) is 0 Å². The minimum atomic E-state index is -1.19. The third-order valence-corrected chi connectivity index (χ3v) is 9.82. The minimum Gasteiger partial charge on any atom is -0.0312 e. The van der Waals surface area contributed by atoms with Crippen molar-refractivity contribution >= 4 is 19.5 Å². The standard InChI is InChI=1S/C20H17O2.C9H21P.C5H5.CO.Ru/c1-4-20(17-11-7-5-8-12-17,18-13-9-6-10-14-18)19(15(2)21)16(3)22;1-7(2)10(8(3)4)9(5)6;1-2-4-5-3-1;1-2;/h5-14,19H,2-3H3;7-9H,1-6H3;1-5H;;/q-1;;;;+2. The topological polar surface area (TPSA) is 54.0 Å². The fraction of sp³-hybridized carbons (Fsp3) is 0.371. The van der Waals surface area contributed by atoms with Gasteiger partial charge in [-0.25, -0.2) is 0 Å². The van der Waals surface area contributed by atoms with Gasteiger partial charge in [-0.05, 0) is 74.1 Å². The molecule has 0 atom stereocenters. The zero-order valence-electron chi connectivity index (χ0n) is 25.0. The number of hydrogen-bond donors (Lipinski definition) is 0. The Morgan fingerprint density at radius 3 is 1.12 bits per heavy atom. The van der Waals surface area contributed by atoms with Crippen LogP contribution < -0.4 is 0 Å². The smallest absolute Gasteiger partial charge is 0.0312 e. The van der Waals surface area contributed by atoms with Crippen LogP contribution in [0, 0.1) is 57.0 Å². The van der Waals surface area contributed by atoms with E-state index in [2.05, 4.69) is 54.1 Å². The summed E-state index contributed by atoms with van der Waals surface area (Å²) >= 11 is 0. The molecule has 2 aromatic rings. The second-order valence-corrected chi connectivity index (χ2v) is 14.0. The molecule has 3 rings (SSSR count). The first-order valence-electron chi connectivity index (χ1n) is 13.2. The van der Waals surface area contributed by atoms with E-state index in [1.165, 1.54) is 13.8 Å².